The Morgan fingerprint density at radius 2 is 1.19 bits per heavy atom. The van der Waals surface area contributed by atoms with E-state index in [-0.39, 0.29) is 6.10 Å². The number of hydrogen-bond acceptors (Lipinski definition) is 2. The molecule has 3 aromatic rings. The molecule has 1 unspecified atom stereocenters. The Morgan fingerprint density at radius 1 is 0.704 bits per heavy atom. The van der Waals surface area contributed by atoms with Crippen molar-refractivity contribution in [2.75, 3.05) is 19.8 Å². The van der Waals surface area contributed by atoms with Gasteiger partial charge in [0, 0.05) is 0 Å². The Balaban J connectivity index is 1.91. The topological polar surface area (TPSA) is 18.5 Å². The molecule has 138 valence electrons. The quantitative estimate of drug-likeness (QED) is 0.634. The number of ether oxygens (including phenoxy) is 2. The molecular formula is C24H25O2P. The third kappa shape index (κ3) is 3.94. The summed E-state index contributed by atoms with van der Waals surface area (Å²) in [6, 6.07) is 32.7. The van der Waals surface area contributed by atoms with Gasteiger partial charge in [-0.1, -0.05) is 96.8 Å². The molecule has 27 heavy (non-hydrogen) atoms. The normalized spacial score (nSPS) is 17.4. The lowest BCUT2D eigenvalue weighted by Crippen LogP contribution is -2.31. The fraction of sp³-hybridized carbons (Fsp3) is 0.208. The van der Waals surface area contributed by atoms with E-state index >= 15 is 0 Å². The van der Waals surface area contributed by atoms with Crippen molar-refractivity contribution in [3.8, 4) is 0 Å². The first-order chi connectivity index (χ1) is 13.4. The van der Waals surface area contributed by atoms with E-state index in [0.29, 0.717) is 19.8 Å². The van der Waals surface area contributed by atoms with Gasteiger partial charge < -0.3 is 9.47 Å². The van der Waals surface area contributed by atoms with Crippen molar-refractivity contribution in [3.63, 3.8) is 0 Å². The van der Waals surface area contributed by atoms with E-state index in [0.717, 1.165) is 6.42 Å². The van der Waals surface area contributed by atoms with E-state index in [2.05, 4.69) is 96.8 Å². The van der Waals surface area contributed by atoms with Crippen molar-refractivity contribution in [1.29, 1.82) is 0 Å². The van der Waals surface area contributed by atoms with Crippen LogP contribution in [0.4, 0.5) is 0 Å². The highest BCUT2D eigenvalue weighted by molar-refractivity contribution is 7.94. The minimum Gasteiger partial charge on any atom is -0.376 e. The lowest BCUT2D eigenvalue weighted by Gasteiger charge is -2.30. The van der Waals surface area contributed by atoms with Gasteiger partial charge in [-0.3, -0.25) is 0 Å². The van der Waals surface area contributed by atoms with Crippen LogP contribution in [0.2, 0.25) is 0 Å². The van der Waals surface area contributed by atoms with E-state index in [1.807, 2.05) is 0 Å². The Bertz CT molecular complexity index is 782. The van der Waals surface area contributed by atoms with Crippen LogP contribution in [0.5, 0.6) is 0 Å². The summed E-state index contributed by atoms with van der Waals surface area (Å²) >= 11 is 0. The summed E-state index contributed by atoms with van der Waals surface area (Å²) in [5, 5.41) is 4.12. The molecule has 0 aromatic heterocycles. The van der Waals surface area contributed by atoms with Crippen molar-refractivity contribution in [3.05, 3.63) is 91.0 Å². The molecule has 1 fully saturated rings. The van der Waals surface area contributed by atoms with Gasteiger partial charge in [-0.15, -0.1) is 0 Å². The van der Waals surface area contributed by atoms with Crippen LogP contribution in [0.3, 0.4) is 0 Å². The fourth-order valence-electron chi connectivity index (χ4n) is 3.70. The minimum absolute atomic E-state index is 0.134. The van der Waals surface area contributed by atoms with Gasteiger partial charge in [0.05, 0.1) is 25.9 Å². The summed E-state index contributed by atoms with van der Waals surface area (Å²) in [7, 11) is 0. The first-order valence-corrected chi connectivity index (χ1v) is 11.3. The van der Waals surface area contributed by atoms with Gasteiger partial charge in [0.2, 0.25) is 0 Å². The molecule has 1 saturated heterocycles. The maximum Gasteiger partial charge on any atom is 0.0844 e. The second-order valence-corrected chi connectivity index (χ2v) is 10.1. The van der Waals surface area contributed by atoms with Crippen LogP contribution < -0.4 is 15.9 Å². The molecule has 0 amide bonds. The predicted molar refractivity (Wildman–Crippen MR) is 116 cm³/mol. The summed E-state index contributed by atoms with van der Waals surface area (Å²) in [5.41, 5.74) is 0. The average molecular weight is 376 g/mol. The molecule has 3 heteroatoms. The maximum atomic E-state index is 5.94. The summed E-state index contributed by atoms with van der Waals surface area (Å²) in [5.74, 6) is 2.52. The van der Waals surface area contributed by atoms with E-state index in [4.69, 9.17) is 9.47 Å². The third-order valence-electron chi connectivity index (χ3n) is 5.02. The molecule has 1 atom stereocenters. The molecule has 2 nitrogen and oxygen atoms in total. The number of hydrogen-bond donors (Lipinski definition) is 0. The first-order valence-electron chi connectivity index (χ1n) is 9.49. The zero-order valence-corrected chi connectivity index (χ0v) is 16.3. The van der Waals surface area contributed by atoms with Crippen LogP contribution in [-0.2, 0) is 9.47 Å². The third-order valence-corrected chi connectivity index (χ3v) is 9.11. The highest BCUT2D eigenvalue weighted by Gasteiger charge is 2.25. The van der Waals surface area contributed by atoms with Crippen molar-refractivity contribution >= 4 is 28.6 Å². The highest BCUT2D eigenvalue weighted by Crippen LogP contribution is 2.44. The Kier molecular flexibility index (Phi) is 5.89. The Labute approximate surface area is 161 Å². The summed E-state index contributed by atoms with van der Waals surface area (Å²) in [6.45, 7) is 0.183. The molecule has 0 N–H and O–H groups in total. The maximum absolute atomic E-state index is 5.94. The smallest absolute Gasteiger partial charge is 0.0844 e. The van der Waals surface area contributed by atoms with Gasteiger partial charge in [0.1, 0.15) is 0 Å². The Morgan fingerprint density at radius 3 is 1.59 bits per heavy atom. The van der Waals surface area contributed by atoms with Crippen LogP contribution in [0.1, 0.15) is 6.42 Å². The Hall–Kier alpha value is -2.12. The van der Waals surface area contributed by atoms with Crippen molar-refractivity contribution < 1.29 is 9.47 Å². The van der Waals surface area contributed by atoms with Crippen LogP contribution in [0.25, 0.3) is 0 Å². The molecule has 0 bridgehead atoms. The first kappa shape index (κ1) is 18.3. The fourth-order valence-corrected chi connectivity index (χ4v) is 7.71. The zero-order chi connectivity index (χ0) is 18.4. The lowest BCUT2D eigenvalue weighted by molar-refractivity contribution is -0.0839. The van der Waals surface area contributed by atoms with Gasteiger partial charge >= 0.3 is 0 Å². The molecule has 1 aliphatic rings. The number of rotatable bonds is 5. The van der Waals surface area contributed by atoms with Crippen molar-refractivity contribution in [2.45, 2.75) is 12.5 Å². The van der Waals surface area contributed by atoms with Gasteiger partial charge in [-0.25, -0.2) is 0 Å². The second kappa shape index (κ2) is 8.71. The van der Waals surface area contributed by atoms with Gasteiger partial charge in [-0.05, 0) is 29.2 Å². The predicted octanol–water partition coefficient (Wildman–Crippen LogP) is 3.59. The standard InChI is InChI=1S/C24H25O2P/c1-4-10-22(11-5-1)27(23-12-6-2-7-13-23,24-14-8-3-9-15-24)19-16-21-20-25-17-18-26-21/h1-15,19,21H,16-18,20H2. The van der Waals surface area contributed by atoms with E-state index in [1.165, 1.54) is 15.9 Å². The van der Waals surface area contributed by atoms with Crippen LogP contribution in [0, 0.1) is 0 Å². The average Bonchev–Trinajstić information content (AvgIpc) is 2.77. The van der Waals surface area contributed by atoms with E-state index < -0.39 is 6.89 Å². The monoisotopic (exact) mass is 376 g/mol. The van der Waals surface area contributed by atoms with Crippen molar-refractivity contribution in [2.24, 2.45) is 0 Å². The SMILES string of the molecule is C(CC1COCCO1)=P(c1ccccc1)(c1ccccc1)c1ccccc1. The summed E-state index contributed by atoms with van der Waals surface area (Å²) < 4.78 is 11.6. The van der Waals surface area contributed by atoms with Crippen LogP contribution in [0.15, 0.2) is 91.0 Å². The largest absolute Gasteiger partial charge is 0.376 e. The minimum atomic E-state index is -1.88. The van der Waals surface area contributed by atoms with Crippen LogP contribution in [-0.4, -0.2) is 31.7 Å². The van der Waals surface area contributed by atoms with E-state index in [9.17, 15) is 0 Å². The van der Waals surface area contributed by atoms with E-state index in [1.54, 1.807) is 0 Å². The molecule has 1 heterocycles. The van der Waals surface area contributed by atoms with Gasteiger partial charge in [0.15, 0.2) is 0 Å². The second-order valence-electron chi connectivity index (χ2n) is 6.72. The molecule has 3 aromatic carbocycles. The molecule has 0 saturated carbocycles. The molecule has 0 radical (unpaired) electrons. The molecule has 0 aliphatic carbocycles. The molecule has 1 aliphatic heterocycles. The summed E-state index contributed by atoms with van der Waals surface area (Å²) in [6.07, 6.45) is 1.01. The van der Waals surface area contributed by atoms with Crippen LogP contribution >= 0.6 is 6.89 Å². The molecule has 0 spiro atoms. The molecule has 4 rings (SSSR count). The lowest BCUT2D eigenvalue weighted by atomic mass is 10.3. The highest BCUT2D eigenvalue weighted by atomic mass is 31.2. The molecular weight excluding hydrogens is 351 g/mol. The van der Waals surface area contributed by atoms with Gasteiger partial charge in [0.25, 0.3) is 0 Å². The number of benzene rings is 3. The van der Waals surface area contributed by atoms with Crippen molar-refractivity contribution in [1.82, 2.24) is 0 Å². The summed E-state index contributed by atoms with van der Waals surface area (Å²) in [4.78, 5) is 0. The zero-order valence-electron chi connectivity index (χ0n) is 15.4. The van der Waals surface area contributed by atoms with Gasteiger partial charge in [-0.2, -0.15) is 0 Å².